The summed E-state index contributed by atoms with van der Waals surface area (Å²) in [5, 5.41) is 10.4. The van der Waals surface area contributed by atoms with Crippen LogP contribution in [-0.4, -0.2) is 28.2 Å². The van der Waals surface area contributed by atoms with E-state index in [1.807, 2.05) is 24.3 Å². The molecule has 0 saturated heterocycles. The lowest BCUT2D eigenvalue weighted by Gasteiger charge is -2.06. The first-order chi connectivity index (χ1) is 15.5. The molecule has 0 bridgehead atoms. The van der Waals surface area contributed by atoms with Crippen LogP contribution in [0.15, 0.2) is 34.1 Å². The van der Waals surface area contributed by atoms with Crippen molar-refractivity contribution in [2.75, 3.05) is 6.61 Å². The zero-order chi connectivity index (χ0) is 22.4. The molecule has 0 unspecified atom stereocenters. The summed E-state index contributed by atoms with van der Waals surface area (Å²) in [5.74, 6) is -0.378. The van der Waals surface area contributed by atoms with Crippen molar-refractivity contribution in [3.63, 3.8) is 0 Å². The zero-order valence-corrected chi connectivity index (χ0v) is 18.5. The van der Waals surface area contributed by atoms with Crippen molar-refractivity contribution in [3.05, 3.63) is 67.3 Å². The van der Waals surface area contributed by atoms with E-state index in [1.54, 1.807) is 13.8 Å². The van der Waals surface area contributed by atoms with Crippen LogP contribution in [0.4, 0.5) is 5.00 Å². The predicted molar refractivity (Wildman–Crippen MR) is 125 cm³/mol. The number of ether oxygens (including phenoxy) is 1. The Balaban J connectivity index is 1.71. The monoisotopic (exact) mass is 444 g/mol. The molecule has 0 saturated carbocycles. The molecule has 160 valence electrons. The van der Waals surface area contributed by atoms with E-state index in [-0.39, 0.29) is 18.1 Å². The van der Waals surface area contributed by atoms with E-state index in [0.29, 0.717) is 38.4 Å². The molecule has 0 fully saturated rings. The van der Waals surface area contributed by atoms with Gasteiger partial charge in [-0.1, -0.05) is 12.1 Å². The van der Waals surface area contributed by atoms with Gasteiger partial charge in [0.1, 0.15) is 16.7 Å². The van der Waals surface area contributed by atoms with Crippen LogP contribution in [0.1, 0.15) is 50.8 Å². The maximum atomic E-state index is 13.4. The molecule has 5 rings (SSSR count). The Morgan fingerprint density at radius 1 is 1.38 bits per heavy atom. The Morgan fingerprint density at radius 3 is 2.97 bits per heavy atom. The number of aliphatic imine (C=N–C) groups is 1. The number of aromatic amines is 1. The second-order valence-corrected chi connectivity index (χ2v) is 8.76. The Labute approximate surface area is 187 Å². The maximum absolute atomic E-state index is 13.4. The second-order valence-electron chi connectivity index (χ2n) is 7.67. The van der Waals surface area contributed by atoms with Crippen LogP contribution >= 0.6 is 11.3 Å². The summed E-state index contributed by atoms with van der Waals surface area (Å²) in [6.45, 7) is 3.81. The van der Waals surface area contributed by atoms with Crippen LogP contribution in [0.2, 0.25) is 0 Å². The van der Waals surface area contributed by atoms with Crippen LogP contribution in [-0.2, 0) is 17.6 Å². The zero-order valence-electron chi connectivity index (χ0n) is 17.7. The molecule has 0 amide bonds. The van der Waals surface area contributed by atoms with Gasteiger partial charge in [0.25, 0.3) is 5.56 Å². The molecule has 1 aliphatic rings. The van der Waals surface area contributed by atoms with Crippen molar-refractivity contribution in [1.29, 1.82) is 5.26 Å². The number of H-pyrrole nitrogens is 1. The number of rotatable bonds is 4. The van der Waals surface area contributed by atoms with Crippen molar-refractivity contribution >= 4 is 45.2 Å². The molecule has 1 aromatic carbocycles. The number of thiophene rings is 1. The van der Waals surface area contributed by atoms with Gasteiger partial charge in [-0.15, -0.1) is 11.3 Å². The minimum absolute atomic E-state index is 0.264. The molecule has 32 heavy (non-hydrogen) atoms. The summed E-state index contributed by atoms with van der Waals surface area (Å²) < 4.78 is 6.78. The Kier molecular flexibility index (Phi) is 4.91. The number of aryl methyl sites for hydroxylation is 1. The van der Waals surface area contributed by atoms with E-state index in [4.69, 9.17) is 4.74 Å². The third kappa shape index (κ3) is 2.97. The third-order valence-corrected chi connectivity index (χ3v) is 7.08. The van der Waals surface area contributed by atoms with Gasteiger partial charge in [-0.05, 0) is 56.4 Å². The average molecular weight is 445 g/mol. The molecule has 0 atom stereocenters. The number of carbonyl (C=O) groups excluding carboxylic acids is 1. The first-order valence-corrected chi connectivity index (χ1v) is 11.3. The van der Waals surface area contributed by atoms with Crippen molar-refractivity contribution in [3.8, 4) is 6.07 Å². The fourth-order valence-corrected chi connectivity index (χ4v) is 5.58. The highest BCUT2D eigenvalue weighted by molar-refractivity contribution is 7.16. The summed E-state index contributed by atoms with van der Waals surface area (Å²) >= 11 is 1.47. The molecule has 1 N–H and O–H groups in total. The maximum Gasteiger partial charge on any atom is 0.341 e. The van der Waals surface area contributed by atoms with E-state index < -0.39 is 0 Å². The Bertz CT molecular complexity index is 1530. The largest absolute Gasteiger partial charge is 0.462 e. The van der Waals surface area contributed by atoms with Gasteiger partial charge < -0.3 is 9.72 Å². The van der Waals surface area contributed by atoms with Gasteiger partial charge in [0.2, 0.25) is 0 Å². The van der Waals surface area contributed by atoms with Crippen LogP contribution in [0, 0.1) is 18.3 Å². The molecule has 3 aromatic heterocycles. The average Bonchev–Trinajstić information content (AvgIpc) is 3.46. The lowest BCUT2D eigenvalue weighted by atomic mass is 10.1. The fraction of sp³-hybridized carbons (Fsp3) is 0.250. The number of imidazole rings is 1. The highest BCUT2D eigenvalue weighted by Gasteiger charge is 2.27. The summed E-state index contributed by atoms with van der Waals surface area (Å²) in [6.07, 6.45) is 4.25. The highest BCUT2D eigenvalue weighted by Crippen LogP contribution is 2.41. The van der Waals surface area contributed by atoms with Crippen molar-refractivity contribution < 1.29 is 9.53 Å². The van der Waals surface area contributed by atoms with Gasteiger partial charge in [-0.2, -0.15) is 5.26 Å². The topological polar surface area (TPSA) is 99.7 Å². The number of pyridine rings is 1. The SMILES string of the molecule is CCOC(=O)c1c(/N=C/c2c(C)c(C#N)c3[nH]c4ccccc4n3c2=O)sc2c1CCC2. The molecule has 0 radical (unpaired) electrons. The lowest BCUT2D eigenvalue weighted by Crippen LogP contribution is -2.20. The van der Waals surface area contributed by atoms with Gasteiger partial charge in [-0.25, -0.2) is 9.79 Å². The minimum Gasteiger partial charge on any atom is -0.462 e. The van der Waals surface area contributed by atoms with E-state index >= 15 is 0 Å². The molecule has 0 aliphatic heterocycles. The Morgan fingerprint density at radius 2 is 2.19 bits per heavy atom. The van der Waals surface area contributed by atoms with Gasteiger partial charge in [-0.3, -0.25) is 9.20 Å². The number of aromatic nitrogens is 2. The van der Waals surface area contributed by atoms with Crippen molar-refractivity contribution in [2.45, 2.75) is 33.1 Å². The van der Waals surface area contributed by atoms with Crippen molar-refractivity contribution in [1.82, 2.24) is 9.38 Å². The van der Waals surface area contributed by atoms with E-state index in [1.165, 1.54) is 22.0 Å². The molecule has 7 nitrogen and oxygen atoms in total. The van der Waals surface area contributed by atoms with Gasteiger partial charge >= 0.3 is 5.97 Å². The number of nitriles is 1. The van der Waals surface area contributed by atoms with Crippen LogP contribution in [0.3, 0.4) is 0 Å². The Hall–Kier alpha value is -3.70. The lowest BCUT2D eigenvalue weighted by molar-refractivity contribution is 0.0527. The van der Waals surface area contributed by atoms with Crippen LogP contribution in [0.25, 0.3) is 16.7 Å². The number of benzene rings is 1. The molecule has 0 spiro atoms. The van der Waals surface area contributed by atoms with Gasteiger partial charge in [0.15, 0.2) is 0 Å². The second kappa shape index (κ2) is 7.77. The highest BCUT2D eigenvalue weighted by atomic mass is 32.1. The standard InChI is InChI=1S/C24H20N4O3S/c1-3-31-24(30)20-14-7-6-10-19(14)32-22(20)26-12-16-13(2)15(11-25)21-27-17-8-4-5-9-18(17)28(21)23(16)29/h4-5,8-9,12,27H,3,6-7,10H2,1-2H3/b26-12+. The summed E-state index contributed by atoms with van der Waals surface area (Å²) in [7, 11) is 0. The molecule has 8 heteroatoms. The first kappa shape index (κ1) is 20.2. The van der Waals surface area contributed by atoms with Gasteiger partial charge in [0.05, 0.1) is 34.3 Å². The molecular formula is C24H20N4O3S. The molecule has 1 aliphatic carbocycles. The van der Waals surface area contributed by atoms with Crippen LogP contribution < -0.4 is 5.56 Å². The number of fused-ring (bicyclic) bond motifs is 4. The van der Waals surface area contributed by atoms with Crippen molar-refractivity contribution in [2.24, 2.45) is 4.99 Å². The molecular weight excluding hydrogens is 424 g/mol. The van der Waals surface area contributed by atoms with Gasteiger partial charge in [0, 0.05) is 11.1 Å². The van der Waals surface area contributed by atoms with E-state index in [0.717, 1.165) is 35.2 Å². The number of hydrogen-bond acceptors (Lipinski definition) is 6. The fourth-order valence-electron chi connectivity index (χ4n) is 4.36. The summed E-state index contributed by atoms with van der Waals surface area (Å²) in [5.41, 5.74) is 4.46. The summed E-state index contributed by atoms with van der Waals surface area (Å²) in [6, 6.07) is 9.64. The number of nitrogens with one attached hydrogen (secondary N) is 1. The quantitative estimate of drug-likeness (QED) is 0.371. The summed E-state index contributed by atoms with van der Waals surface area (Å²) in [4.78, 5) is 34.9. The number of esters is 1. The number of nitrogens with zero attached hydrogens (tertiary/aromatic N) is 3. The third-order valence-electron chi connectivity index (χ3n) is 5.88. The number of hydrogen-bond donors (Lipinski definition) is 1. The predicted octanol–water partition coefficient (Wildman–Crippen LogP) is 4.44. The number of para-hydroxylation sites is 2. The van der Waals surface area contributed by atoms with E-state index in [2.05, 4.69) is 16.0 Å². The molecule has 3 heterocycles. The minimum atomic E-state index is -0.378. The molecule has 4 aromatic rings. The van der Waals surface area contributed by atoms with Crippen LogP contribution in [0.5, 0.6) is 0 Å². The normalized spacial score (nSPS) is 13.2. The smallest absolute Gasteiger partial charge is 0.341 e. The van der Waals surface area contributed by atoms with E-state index in [9.17, 15) is 14.9 Å². The first-order valence-electron chi connectivity index (χ1n) is 10.5. The number of carbonyl (C=O) groups is 1.